The molecular formula is C7H14N2S. The molecule has 1 N–H and O–H groups in total. The molecule has 2 nitrogen and oxygen atoms in total. The molecule has 1 heterocycles. The van der Waals surface area contributed by atoms with Crippen molar-refractivity contribution in [1.82, 2.24) is 5.43 Å². The molecule has 0 aromatic rings. The van der Waals surface area contributed by atoms with Crippen LogP contribution in [0.3, 0.4) is 0 Å². The van der Waals surface area contributed by atoms with E-state index in [1.54, 1.807) is 0 Å². The van der Waals surface area contributed by atoms with Gasteiger partial charge in [0.25, 0.3) is 0 Å². The molecule has 0 aromatic carbocycles. The predicted octanol–water partition coefficient (Wildman–Crippen LogP) is 1.48. The zero-order valence-corrected chi connectivity index (χ0v) is 7.21. The zero-order chi connectivity index (χ0) is 7.23. The lowest BCUT2D eigenvalue weighted by Gasteiger charge is -1.96. The molecule has 0 spiro atoms. The second-order valence-corrected chi connectivity index (χ2v) is 3.49. The zero-order valence-electron chi connectivity index (χ0n) is 6.39. The van der Waals surface area contributed by atoms with E-state index in [1.807, 2.05) is 11.8 Å². The lowest BCUT2D eigenvalue weighted by atomic mass is 10.3. The van der Waals surface area contributed by atoms with Crippen LogP contribution in [0.4, 0.5) is 0 Å². The van der Waals surface area contributed by atoms with Gasteiger partial charge in [-0.3, -0.25) is 0 Å². The van der Waals surface area contributed by atoms with E-state index in [1.165, 1.54) is 17.9 Å². The van der Waals surface area contributed by atoms with E-state index in [0.29, 0.717) is 0 Å². The SMILES string of the molecule is CCCN/N=C1\CCSC1. The summed E-state index contributed by atoms with van der Waals surface area (Å²) in [6.07, 6.45) is 2.34. The average Bonchev–Trinajstić information content (AvgIpc) is 2.41. The average molecular weight is 158 g/mol. The maximum atomic E-state index is 4.26. The Balaban J connectivity index is 2.12. The minimum Gasteiger partial charge on any atom is -0.310 e. The Labute approximate surface area is 66.5 Å². The molecular weight excluding hydrogens is 144 g/mol. The number of nitrogens with one attached hydrogen (secondary N) is 1. The van der Waals surface area contributed by atoms with Crippen LogP contribution in [-0.2, 0) is 0 Å². The van der Waals surface area contributed by atoms with Gasteiger partial charge in [-0.05, 0) is 18.6 Å². The smallest absolute Gasteiger partial charge is 0.0485 e. The van der Waals surface area contributed by atoms with Crippen molar-refractivity contribution in [1.29, 1.82) is 0 Å². The minimum atomic E-state index is 1.01. The number of hydrogen-bond acceptors (Lipinski definition) is 3. The van der Waals surface area contributed by atoms with E-state index in [2.05, 4.69) is 17.5 Å². The molecule has 0 aliphatic carbocycles. The summed E-state index contributed by atoms with van der Waals surface area (Å²) < 4.78 is 0. The van der Waals surface area contributed by atoms with Gasteiger partial charge in [0.15, 0.2) is 0 Å². The van der Waals surface area contributed by atoms with E-state index < -0.39 is 0 Å². The normalized spacial score (nSPS) is 21.9. The molecule has 10 heavy (non-hydrogen) atoms. The predicted molar refractivity (Wildman–Crippen MR) is 47.7 cm³/mol. The summed E-state index contributed by atoms with van der Waals surface area (Å²) in [7, 11) is 0. The van der Waals surface area contributed by atoms with Crippen LogP contribution in [0.1, 0.15) is 19.8 Å². The lowest BCUT2D eigenvalue weighted by molar-refractivity contribution is 0.714. The third-order valence-corrected chi connectivity index (χ3v) is 2.43. The molecule has 0 unspecified atom stereocenters. The molecule has 58 valence electrons. The number of rotatable bonds is 3. The minimum absolute atomic E-state index is 1.01. The molecule has 1 aliphatic heterocycles. The van der Waals surface area contributed by atoms with Crippen molar-refractivity contribution >= 4 is 17.5 Å². The van der Waals surface area contributed by atoms with Gasteiger partial charge in [0.2, 0.25) is 0 Å². The van der Waals surface area contributed by atoms with Crippen LogP contribution in [0, 0.1) is 0 Å². The van der Waals surface area contributed by atoms with Gasteiger partial charge in [-0.2, -0.15) is 16.9 Å². The van der Waals surface area contributed by atoms with Crippen LogP contribution in [0.5, 0.6) is 0 Å². The van der Waals surface area contributed by atoms with Crippen molar-refractivity contribution < 1.29 is 0 Å². The largest absolute Gasteiger partial charge is 0.310 e. The molecule has 3 heteroatoms. The Morgan fingerprint density at radius 2 is 2.60 bits per heavy atom. The maximum Gasteiger partial charge on any atom is 0.0485 e. The Morgan fingerprint density at radius 1 is 1.70 bits per heavy atom. The molecule has 1 fully saturated rings. The van der Waals surface area contributed by atoms with E-state index in [-0.39, 0.29) is 0 Å². The van der Waals surface area contributed by atoms with Crippen molar-refractivity contribution in [2.24, 2.45) is 5.10 Å². The van der Waals surface area contributed by atoms with Gasteiger partial charge in [0, 0.05) is 18.0 Å². The van der Waals surface area contributed by atoms with Gasteiger partial charge in [0.05, 0.1) is 0 Å². The maximum absolute atomic E-state index is 4.26. The first kappa shape index (κ1) is 7.92. The highest BCUT2D eigenvalue weighted by molar-refractivity contribution is 8.00. The molecule has 0 aromatic heterocycles. The third-order valence-electron chi connectivity index (χ3n) is 1.40. The van der Waals surface area contributed by atoms with E-state index in [0.717, 1.165) is 18.7 Å². The van der Waals surface area contributed by atoms with Crippen LogP contribution >= 0.6 is 11.8 Å². The third kappa shape index (κ3) is 2.60. The van der Waals surface area contributed by atoms with Gasteiger partial charge >= 0.3 is 0 Å². The van der Waals surface area contributed by atoms with Gasteiger partial charge in [-0.15, -0.1) is 0 Å². The summed E-state index contributed by atoms with van der Waals surface area (Å²) in [5.74, 6) is 2.39. The number of hydrogen-bond donors (Lipinski definition) is 1. The highest BCUT2D eigenvalue weighted by Crippen LogP contribution is 2.13. The molecule has 0 radical (unpaired) electrons. The highest BCUT2D eigenvalue weighted by atomic mass is 32.2. The Kier molecular flexibility index (Phi) is 3.65. The van der Waals surface area contributed by atoms with Crippen LogP contribution in [-0.4, -0.2) is 23.8 Å². The summed E-state index contributed by atoms with van der Waals surface area (Å²) in [6, 6.07) is 0. The van der Waals surface area contributed by atoms with Gasteiger partial charge in [0.1, 0.15) is 0 Å². The Bertz CT molecular complexity index is 115. The summed E-state index contributed by atoms with van der Waals surface area (Å²) in [5, 5.41) is 4.26. The number of thioether (sulfide) groups is 1. The van der Waals surface area contributed by atoms with Crippen molar-refractivity contribution in [2.45, 2.75) is 19.8 Å². The molecule has 0 saturated carbocycles. The van der Waals surface area contributed by atoms with Crippen LogP contribution in [0.15, 0.2) is 5.10 Å². The van der Waals surface area contributed by atoms with Gasteiger partial charge in [-0.1, -0.05) is 6.92 Å². The van der Waals surface area contributed by atoms with Crippen molar-refractivity contribution in [2.75, 3.05) is 18.1 Å². The van der Waals surface area contributed by atoms with E-state index >= 15 is 0 Å². The Morgan fingerprint density at radius 3 is 3.20 bits per heavy atom. The second kappa shape index (κ2) is 4.61. The quantitative estimate of drug-likeness (QED) is 0.497. The molecule has 1 rings (SSSR count). The van der Waals surface area contributed by atoms with Crippen LogP contribution in [0.25, 0.3) is 0 Å². The van der Waals surface area contributed by atoms with Crippen molar-refractivity contribution in [3.8, 4) is 0 Å². The number of nitrogens with zero attached hydrogens (tertiary/aromatic N) is 1. The molecule has 0 bridgehead atoms. The summed E-state index contributed by atoms with van der Waals surface area (Å²) in [6.45, 7) is 3.16. The molecule has 1 saturated heterocycles. The first-order valence-corrected chi connectivity index (χ1v) is 4.95. The van der Waals surface area contributed by atoms with E-state index in [4.69, 9.17) is 0 Å². The first-order valence-electron chi connectivity index (χ1n) is 3.79. The molecule has 1 aliphatic rings. The van der Waals surface area contributed by atoms with E-state index in [9.17, 15) is 0 Å². The van der Waals surface area contributed by atoms with Crippen LogP contribution in [0.2, 0.25) is 0 Å². The van der Waals surface area contributed by atoms with Crippen LogP contribution < -0.4 is 5.43 Å². The molecule has 0 amide bonds. The summed E-state index contributed by atoms with van der Waals surface area (Å²) in [4.78, 5) is 0. The topological polar surface area (TPSA) is 24.4 Å². The van der Waals surface area contributed by atoms with Crippen molar-refractivity contribution in [3.63, 3.8) is 0 Å². The lowest BCUT2D eigenvalue weighted by Crippen LogP contribution is -2.10. The number of hydrazone groups is 1. The van der Waals surface area contributed by atoms with Gasteiger partial charge < -0.3 is 5.43 Å². The fraction of sp³-hybridized carbons (Fsp3) is 0.857. The summed E-state index contributed by atoms with van der Waals surface area (Å²) in [5.41, 5.74) is 4.38. The summed E-state index contributed by atoms with van der Waals surface area (Å²) >= 11 is 1.97. The first-order chi connectivity index (χ1) is 4.93. The monoisotopic (exact) mass is 158 g/mol. The highest BCUT2D eigenvalue weighted by Gasteiger charge is 2.07. The Hall–Kier alpha value is -0.180. The van der Waals surface area contributed by atoms with Gasteiger partial charge in [-0.25, -0.2) is 0 Å². The second-order valence-electron chi connectivity index (χ2n) is 2.39. The van der Waals surface area contributed by atoms with Crippen molar-refractivity contribution in [3.05, 3.63) is 0 Å². The standard InChI is InChI=1S/C7H14N2S/c1-2-4-8-9-7-3-5-10-6-7/h8H,2-6H2,1H3/b9-7+. The fourth-order valence-corrected chi connectivity index (χ4v) is 1.79. The fourth-order valence-electron chi connectivity index (χ4n) is 0.820. The molecule has 0 atom stereocenters.